The number of nitrogens with one attached hydrogen (secondary N) is 1. The largest absolute Gasteiger partial charge is 0.455 e. The zero-order valence-electron chi connectivity index (χ0n) is 24.6. The Kier molecular flexibility index (Phi) is 13.9. The van der Waals surface area contributed by atoms with Gasteiger partial charge in [-0.1, -0.05) is 103 Å². The van der Waals surface area contributed by atoms with Crippen LogP contribution in [0.15, 0.2) is 116 Å². The van der Waals surface area contributed by atoms with Gasteiger partial charge in [0.05, 0.1) is 25.0 Å². The number of benzene rings is 3. The number of carbonyl (C=O) groups excluding carboxylic acids is 3. The Morgan fingerprint density at radius 3 is 1.95 bits per heavy atom. The van der Waals surface area contributed by atoms with Crippen LogP contribution in [0, 0.1) is 11.8 Å². The summed E-state index contributed by atoms with van der Waals surface area (Å²) >= 11 is 0. The molecule has 43 heavy (non-hydrogen) atoms. The Hall–Kier alpha value is -4.49. The third-order valence-electron chi connectivity index (χ3n) is 7.18. The predicted molar refractivity (Wildman–Crippen MR) is 169 cm³/mol. The molecule has 226 valence electrons. The number of amides is 2. The van der Waals surface area contributed by atoms with Gasteiger partial charge in [-0.3, -0.25) is 14.4 Å². The van der Waals surface area contributed by atoms with Crippen LogP contribution in [-0.4, -0.2) is 47.5 Å². The van der Waals surface area contributed by atoms with Crippen LogP contribution in [0.3, 0.4) is 0 Å². The number of ether oxygens (including phenoxy) is 1. The van der Waals surface area contributed by atoms with E-state index in [0.717, 1.165) is 16.7 Å². The fraction of sp³-hybridized carbons (Fsp3) is 0.306. The van der Waals surface area contributed by atoms with Gasteiger partial charge in [0.25, 0.3) is 0 Å². The number of hydrogen-bond acceptors (Lipinski definition) is 5. The van der Waals surface area contributed by atoms with Crippen molar-refractivity contribution in [1.29, 1.82) is 0 Å². The second-order valence-corrected chi connectivity index (χ2v) is 10.4. The molecular formula is C36H42N2O5. The van der Waals surface area contributed by atoms with Crippen LogP contribution in [0.5, 0.6) is 0 Å². The van der Waals surface area contributed by atoms with Gasteiger partial charge in [0.1, 0.15) is 6.10 Å². The summed E-state index contributed by atoms with van der Waals surface area (Å²) in [6, 6.07) is 28.5. The molecule has 0 saturated heterocycles. The summed E-state index contributed by atoms with van der Waals surface area (Å²) in [5, 5.41) is 12.5. The number of allylic oxidation sites excluding steroid dienone is 2. The van der Waals surface area contributed by atoms with Crippen LogP contribution >= 0.6 is 0 Å². The average Bonchev–Trinajstić information content (AvgIpc) is 3.03. The summed E-state index contributed by atoms with van der Waals surface area (Å²) in [5.41, 5.74) is 2.71. The Labute approximate surface area is 254 Å². The van der Waals surface area contributed by atoms with Crippen LogP contribution in [0.25, 0.3) is 0 Å². The first-order chi connectivity index (χ1) is 20.9. The van der Waals surface area contributed by atoms with Crippen molar-refractivity contribution in [3.8, 4) is 0 Å². The van der Waals surface area contributed by atoms with Crippen LogP contribution in [0.2, 0.25) is 0 Å². The van der Waals surface area contributed by atoms with E-state index in [1.807, 2.05) is 91.0 Å². The van der Waals surface area contributed by atoms with Gasteiger partial charge in [-0.05, 0) is 36.0 Å². The van der Waals surface area contributed by atoms with Gasteiger partial charge in [0.15, 0.2) is 0 Å². The highest BCUT2D eigenvalue weighted by Gasteiger charge is 2.27. The van der Waals surface area contributed by atoms with E-state index in [-0.39, 0.29) is 43.9 Å². The average molecular weight is 583 g/mol. The van der Waals surface area contributed by atoms with Gasteiger partial charge < -0.3 is 20.1 Å². The quantitative estimate of drug-likeness (QED) is 0.154. The van der Waals surface area contributed by atoms with Crippen molar-refractivity contribution in [3.05, 3.63) is 133 Å². The predicted octanol–water partition coefficient (Wildman–Crippen LogP) is 5.43. The molecule has 0 spiro atoms. The van der Waals surface area contributed by atoms with Gasteiger partial charge in [-0.25, -0.2) is 0 Å². The van der Waals surface area contributed by atoms with Gasteiger partial charge in [-0.2, -0.15) is 0 Å². The molecule has 0 heterocycles. The normalized spacial score (nSPS) is 12.8. The maximum atomic E-state index is 13.4. The third kappa shape index (κ3) is 11.0. The molecule has 0 bridgehead atoms. The molecule has 0 unspecified atom stereocenters. The number of aliphatic hydroxyl groups excluding tert-OH is 1. The molecule has 0 fully saturated rings. The van der Waals surface area contributed by atoms with Gasteiger partial charge >= 0.3 is 5.97 Å². The number of hydrogen-bond donors (Lipinski definition) is 2. The standard InChI is InChI=1S/C36H42N2O5/c1-3-14-31(25-34(40)38(22-23-39)27-29-18-10-6-11-19-29)35(41)37-26-33(30-20-12-7-13-21-30)43-36(42)32(15-4-2)24-28-16-8-5-9-17-28/h3-13,16-21,31-33,39H,1-2,14-15,22-27H2,(H,37,41)/t31-,32-,33+/m1/s1. The lowest BCUT2D eigenvalue weighted by Crippen LogP contribution is -2.39. The van der Waals surface area contributed by atoms with E-state index in [1.54, 1.807) is 17.1 Å². The second kappa shape index (κ2) is 18.1. The Morgan fingerprint density at radius 2 is 1.37 bits per heavy atom. The number of nitrogens with zero attached hydrogens (tertiary/aromatic N) is 1. The lowest BCUT2D eigenvalue weighted by atomic mass is 9.96. The van der Waals surface area contributed by atoms with E-state index in [2.05, 4.69) is 18.5 Å². The molecular weight excluding hydrogens is 540 g/mol. The van der Waals surface area contributed by atoms with E-state index in [4.69, 9.17) is 4.74 Å². The smallest absolute Gasteiger partial charge is 0.310 e. The summed E-state index contributed by atoms with van der Waals surface area (Å²) in [6.45, 7) is 7.95. The SMILES string of the molecule is C=CC[C@H](CC(=O)N(CCO)Cc1ccccc1)C(=O)NC[C@H](OC(=O)[C@H](CC=C)Cc1ccccc1)c1ccccc1. The van der Waals surface area contributed by atoms with Gasteiger partial charge in [0.2, 0.25) is 11.8 Å². The van der Waals surface area contributed by atoms with Gasteiger partial charge in [0, 0.05) is 19.5 Å². The Morgan fingerprint density at radius 1 is 0.814 bits per heavy atom. The molecule has 0 aromatic heterocycles. The van der Waals surface area contributed by atoms with E-state index in [1.165, 1.54) is 0 Å². The molecule has 0 aliphatic heterocycles. The lowest BCUT2D eigenvalue weighted by Gasteiger charge is -2.25. The van der Waals surface area contributed by atoms with Crippen LogP contribution in [0.1, 0.15) is 42.1 Å². The monoisotopic (exact) mass is 582 g/mol. The molecule has 0 radical (unpaired) electrons. The molecule has 7 nitrogen and oxygen atoms in total. The molecule has 0 aliphatic rings. The highest BCUT2D eigenvalue weighted by atomic mass is 16.5. The van der Waals surface area contributed by atoms with Crippen LogP contribution < -0.4 is 5.32 Å². The van der Waals surface area contributed by atoms with Crippen LogP contribution in [-0.2, 0) is 32.1 Å². The molecule has 3 aromatic carbocycles. The Balaban J connectivity index is 1.69. The summed E-state index contributed by atoms with van der Waals surface area (Å²) in [4.78, 5) is 41.5. The first-order valence-corrected chi connectivity index (χ1v) is 14.7. The van der Waals surface area contributed by atoms with Gasteiger partial charge in [-0.15, -0.1) is 13.2 Å². The minimum absolute atomic E-state index is 0.0427. The lowest BCUT2D eigenvalue weighted by molar-refractivity contribution is -0.154. The number of carbonyl (C=O) groups is 3. The highest BCUT2D eigenvalue weighted by Crippen LogP contribution is 2.23. The first kappa shape index (κ1) is 33.0. The maximum absolute atomic E-state index is 13.4. The minimum atomic E-state index is -0.718. The topological polar surface area (TPSA) is 95.9 Å². The summed E-state index contributed by atoms with van der Waals surface area (Å²) in [7, 11) is 0. The first-order valence-electron chi connectivity index (χ1n) is 14.7. The maximum Gasteiger partial charge on any atom is 0.310 e. The minimum Gasteiger partial charge on any atom is -0.455 e. The summed E-state index contributed by atoms with van der Waals surface area (Å²) < 4.78 is 6.01. The van der Waals surface area contributed by atoms with E-state index in [0.29, 0.717) is 25.8 Å². The Bertz CT molecular complexity index is 1300. The summed E-state index contributed by atoms with van der Waals surface area (Å²) in [6.07, 6.45) is 3.83. The fourth-order valence-corrected chi connectivity index (χ4v) is 4.87. The molecule has 0 saturated carbocycles. The van der Waals surface area contributed by atoms with Crippen molar-refractivity contribution in [2.24, 2.45) is 11.8 Å². The molecule has 3 rings (SSSR count). The highest BCUT2D eigenvalue weighted by molar-refractivity contribution is 5.86. The van der Waals surface area contributed by atoms with E-state index in [9.17, 15) is 19.5 Å². The van der Waals surface area contributed by atoms with E-state index >= 15 is 0 Å². The van der Waals surface area contributed by atoms with Crippen molar-refractivity contribution in [3.63, 3.8) is 0 Å². The van der Waals surface area contributed by atoms with Crippen molar-refractivity contribution in [2.45, 2.75) is 38.3 Å². The van der Waals surface area contributed by atoms with Crippen molar-refractivity contribution < 1.29 is 24.2 Å². The molecule has 0 aliphatic carbocycles. The zero-order chi connectivity index (χ0) is 30.9. The number of esters is 1. The molecule has 7 heteroatoms. The van der Waals surface area contributed by atoms with Crippen LogP contribution in [0.4, 0.5) is 0 Å². The summed E-state index contributed by atoms with van der Waals surface area (Å²) in [5.74, 6) is -2.03. The van der Waals surface area contributed by atoms with E-state index < -0.39 is 17.9 Å². The molecule has 2 N–H and O–H groups in total. The second-order valence-electron chi connectivity index (χ2n) is 10.4. The molecule has 3 aromatic rings. The molecule has 3 atom stereocenters. The number of aliphatic hydroxyl groups is 1. The third-order valence-corrected chi connectivity index (χ3v) is 7.18. The van der Waals surface area contributed by atoms with Crippen molar-refractivity contribution in [2.75, 3.05) is 19.7 Å². The number of rotatable bonds is 18. The zero-order valence-corrected chi connectivity index (χ0v) is 24.6. The fourth-order valence-electron chi connectivity index (χ4n) is 4.87. The molecule has 2 amide bonds. The van der Waals surface area contributed by atoms with Crippen molar-refractivity contribution in [1.82, 2.24) is 10.2 Å². The van der Waals surface area contributed by atoms with Crippen molar-refractivity contribution >= 4 is 17.8 Å².